The maximum atomic E-state index is 12.8. The number of methoxy groups -OCH3 is 1. The SMILES string of the molecule is COc1cc(-c2ccc(Cl)c(Cl)c2Cl)ncc1C(F)(F)F. The van der Waals surface area contributed by atoms with Gasteiger partial charge in [0.2, 0.25) is 0 Å². The van der Waals surface area contributed by atoms with E-state index in [0.717, 1.165) is 13.2 Å². The summed E-state index contributed by atoms with van der Waals surface area (Å²) in [6.07, 6.45) is -3.87. The summed E-state index contributed by atoms with van der Waals surface area (Å²) in [5.41, 5.74) is -0.411. The van der Waals surface area contributed by atoms with Crippen LogP contribution < -0.4 is 4.74 Å². The molecule has 0 unspecified atom stereocenters. The van der Waals surface area contributed by atoms with Crippen molar-refractivity contribution in [3.8, 4) is 17.0 Å². The number of hydrogen-bond acceptors (Lipinski definition) is 2. The van der Waals surface area contributed by atoms with Gasteiger partial charge in [0, 0.05) is 17.8 Å². The largest absolute Gasteiger partial charge is 0.496 e. The van der Waals surface area contributed by atoms with Crippen LogP contribution in [0.1, 0.15) is 5.56 Å². The Kier molecular flexibility index (Phi) is 4.56. The maximum absolute atomic E-state index is 12.8. The molecule has 2 rings (SSSR count). The van der Waals surface area contributed by atoms with Crippen LogP contribution in [-0.4, -0.2) is 12.1 Å². The lowest BCUT2D eigenvalue weighted by molar-refractivity contribution is -0.139. The molecule has 0 bridgehead atoms. The van der Waals surface area contributed by atoms with Gasteiger partial charge in [-0.3, -0.25) is 4.98 Å². The molecule has 0 radical (unpaired) electrons. The van der Waals surface area contributed by atoms with E-state index in [1.54, 1.807) is 0 Å². The van der Waals surface area contributed by atoms with Crippen LogP contribution in [0.15, 0.2) is 24.4 Å². The van der Waals surface area contributed by atoms with Crippen LogP contribution in [0.2, 0.25) is 15.1 Å². The van der Waals surface area contributed by atoms with Gasteiger partial charge in [-0.25, -0.2) is 0 Å². The number of benzene rings is 1. The number of pyridine rings is 1. The third-order valence-electron chi connectivity index (χ3n) is 2.70. The van der Waals surface area contributed by atoms with Gasteiger partial charge in [0.1, 0.15) is 11.3 Å². The van der Waals surface area contributed by atoms with Gasteiger partial charge in [-0.2, -0.15) is 13.2 Å². The van der Waals surface area contributed by atoms with Gasteiger partial charge in [0.15, 0.2) is 0 Å². The van der Waals surface area contributed by atoms with Crippen LogP contribution in [0, 0.1) is 0 Å². The van der Waals surface area contributed by atoms with Crippen molar-refractivity contribution < 1.29 is 17.9 Å². The Morgan fingerprint density at radius 2 is 1.76 bits per heavy atom. The average Bonchev–Trinajstić information content (AvgIpc) is 2.43. The minimum atomic E-state index is -4.56. The summed E-state index contributed by atoms with van der Waals surface area (Å²) in [6.45, 7) is 0. The molecule has 0 aliphatic rings. The second-order valence-corrected chi connectivity index (χ2v) is 5.15. The summed E-state index contributed by atoms with van der Waals surface area (Å²) in [6, 6.07) is 4.15. The van der Waals surface area contributed by atoms with Gasteiger partial charge in [-0.1, -0.05) is 34.8 Å². The van der Waals surface area contributed by atoms with Crippen molar-refractivity contribution >= 4 is 34.8 Å². The smallest absolute Gasteiger partial charge is 0.421 e. The van der Waals surface area contributed by atoms with Crippen LogP contribution >= 0.6 is 34.8 Å². The van der Waals surface area contributed by atoms with Crippen molar-refractivity contribution in [3.63, 3.8) is 0 Å². The lowest BCUT2D eigenvalue weighted by Gasteiger charge is -2.13. The Bertz CT molecular complexity index is 689. The quantitative estimate of drug-likeness (QED) is 0.640. The fraction of sp³-hybridized carbons (Fsp3) is 0.154. The van der Waals surface area contributed by atoms with Gasteiger partial charge in [0.05, 0.1) is 27.9 Å². The normalized spacial score (nSPS) is 11.6. The molecule has 0 saturated carbocycles. The molecule has 1 aromatic carbocycles. The van der Waals surface area contributed by atoms with E-state index in [9.17, 15) is 13.2 Å². The molecule has 2 nitrogen and oxygen atoms in total. The van der Waals surface area contributed by atoms with Gasteiger partial charge in [0.25, 0.3) is 0 Å². The second kappa shape index (κ2) is 5.91. The number of nitrogens with zero attached hydrogens (tertiary/aromatic N) is 1. The van der Waals surface area contributed by atoms with E-state index in [1.165, 1.54) is 12.1 Å². The summed E-state index contributed by atoms with van der Waals surface area (Å²) in [5, 5.41) is 0.458. The number of aromatic nitrogens is 1. The van der Waals surface area contributed by atoms with Crippen LogP contribution in [-0.2, 0) is 6.18 Å². The van der Waals surface area contributed by atoms with Crippen molar-refractivity contribution in [3.05, 3.63) is 45.0 Å². The first-order valence-corrected chi connectivity index (χ1v) is 6.64. The fourth-order valence-corrected chi connectivity index (χ4v) is 2.32. The molecule has 0 fully saturated rings. The highest BCUT2D eigenvalue weighted by Crippen LogP contribution is 2.41. The molecular formula is C13H7Cl3F3NO. The van der Waals surface area contributed by atoms with Crippen molar-refractivity contribution in [2.75, 3.05) is 7.11 Å². The Balaban J connectivity index is 2.59. The van der Waals surface area contributed by atoms with E-state index < -0.39 is 11.7 Å². The number of ether oxygens (including phenoxy) is 1. The highest BCUT2D eigenvalue weighted by atomic mass is 35.5. The molecule has 0 amide bonds. The summed E-state index contributed by atoms with van der Waals surface area (Å²) in [7, 11) is 1.14. The summed E-state index contributed by atoms with van der Waals surface area (Å²) in [4.78, 5) is 3.77. The number of alkyl halides is 3. The van der Waals surface area contributed by atoms with Crippen molar-refractivity contribution in [1.82, 2.24) is 4.98 Å². The van der Waals surface area contributed by atoms with Crippen LogP contribution in [0.3, 0.4) is 0 Å². The monoisotopic (exact) mass is 355 g/mol. The molecule has 8 heteroatoms. The zero-order valence-electron chi connectivity index (χ0n) is 10.4. The van der Waals surface area contributed by atoms with Crippen LogP contribution in [0.5, 0.6) is 5.75 Å². The van der Waals surface area contributed by atoms with E-state index in [0.29, 0.717) is 11.8 Å². The predicted octanol–water partition coefficient (Wildman–Crippen LogP) is 5.74. The Hall–Kier alpha value is -1.17. The number of rotatable bonds is 2. The van der Waals surface area contributed by atoms with E-state index >= 15 is 0 Å². The van der Waals surface area contributed by atoms with E-state index in [1.807, 2.05) is 0 Å². The Labute approximate surface area is 133 Å². The summed E-state index contributed by atoms with van der Waals surface area (Å²) >= 11 is 17.8. The summed E-state index contributed by atoms with van der Waals surface area (Å²) < 4.78 is 43.1. The maximum Gasteiger partial charge on any atom is 0.421 e. The molecular weight excluding hydrogens is 350 g/mol. The molecule has 21 heavy (non-hydrogen) atoms. The first-order chi connectivity index (χ1) is 9.75. The van der Waals surface area contributed by atoms with Gasteiger partial charge in [-0.05, 0) is 12.1 Å². The minimum Gasteiger partial charge on any atom is -0.496 e. The molecule has 0 N–H and O–H groups in total. The topological polar surface area (TPSA) is 22.1 Å². The second-order valence-electron chi connectivity index (χ2n) is 3.99. The van der Waals surface area contributed by atoms with E-state index in [-0.39, 0.29) is 26.5 Å². The van der Waals surface area contributed by atoms with Crippen molar-refractivity contribution in [2.45, 2.75) is 6.18 Å². The molecule has 0 atom stereocenters. The van der Waals surface area contributed by atoms with E-state index in [4.69, 9.17) is 39.5 Å². The van der Waals surface area contributed by atoms with Crippen molar-refractivity contribution in [2.24, 2.45) is 0 Å². The van der Waals surface area contributed by atoms with Crippen molar-refractivity contribution in [1.29, 1.82) is 0 Å². The third-order valence-corrected chi connectivity index (χ3v) is 4.00. The van der Waals surface area contributed by atoms with Crippen LogP contribution in [0.4, 0.5) is 13.2 Å². The Morgan fingerprint density at radius 1 is 1.10 bits per heavy atom. The highest BCUT2D eigenvalue weighted by Gasteiger charge is 2.35. The zero-order valence-corrected chi connectivity index (χ0v) is 12.7. The standard InChI is InChI=1S/C13H7Cl3F3NO/c1-21-10-4-9(20-5-7(10)13(17,18)19)6-2-3-8(14)12(16)11(6)15/h2-5H,1H3. The molecule has 0 aliphatic carbocycles. The molecule has 0 aliphatic heterocycles. The average molecular weight is 357 g/mol. The zero-order chi connectivity index (χ0) is 15.8. The lowest BCUT2D eigenvalue weighted by Crippen LogP contribution is -2.08. The van der Waals surface area contributed by atoms with Gasteiger partial charge < -0.3 is 4.74 Å². The fourth-order valence-electron chi connectivity index (χ4n) is 1.69. The molecule has 1 aromatic heterocycles. The molecule has 0 spiro atoms. The number of hydrogen-bond donors (Lipinski definition) is 0. The third kappa shape index (κ3) is 3.20. The summed E-state index contributed by atoms with van der Waals surface area (Å²) in [5.74, 6) is -0.352. The Morgan fingerprint density at radius 3 is 2.33 bits per heavy atom. The molecule has 1 heterocycles. The number of halogens is 6. The molecule has 0 saturated heterocycles. The highest BCUT2D eigenvalue weighted by molar-refractivity contribution is 6.49. The van der Waals surface area contributed by atoms with E-state index in [2.05, 4.69) is 4.98 Å². The van der Waals surface area contributed by atoms with Crippen LogP contribution in [0.25, 0.3) is 11.3 Å². The molecule has 112 valence electrons. The van der Waals surface area contributed by atoms with Gasteiger partial charge >= 0.3 is 6.18 Å². The first kappa shape index (κ1) is 16.2. The first-order valence-electron chi connectivity index (χ1n) is 5.50. The lowest BCUT2D eigenvalue weighted by atomic mass is 10.1. The molecule has 2 aromatic rings. The minimum absolute atomic E-state index is 0.108. The van der Waals surface area contributed by atoms with Gasteiger partial charge in [-0.15, -0.1) is 0 Å². The predicted molar refractivity (Wildman–Crippen MR) is 76.3 cm³/mol.